The van der Waals surface area contributed by atoms with Gasteiger partial charge in [0.15, 0.2) is 24.6 Å². The Balaban J connectivity index is 1.19. The van der Waals surface area contributed by atoms with E-state index in [1.54, 1.807) is 48.6 Å². The first-order valence-corrected chi connectivity index (χ1v) is 21.0. The van der Waals surface area contributed by atoms with Crippen molar-refractivity contribution in [3.05, 3.63) is 108 Å². The lowest BCUT2D eigenvalue weighted by molar-refractivity contribution is -0.338. The molecular weight excluding hydrogens is 871 g/mol. The Morgan fingerprint density at radius 1 is 0.794 bits per heavy atom. The van der Waals surface area contributed by atoms with E-state index in [1.165, 1.54) is 19.1 Å². The summed E-state index contributed by atoms with van der Waals surface area (Å²) in [5.41, 5.74) is 4.70. The van der Waals surface area contributed by atoms with Crippen LogP contribution in [0.2, 0.25) is 0 Å². The van der Waals surface area contributed by atoms with Crippen LogP contribution >= 0.6 is 23.2 Å². The number of Topliss-reactive ketones (excluding diaryl/α,β-unsaturated/α-hetero) is 1. The predicted molar refractivity (Wildman–Crippen MR) is 225 cm³/mol. The molecule has 16 atom stereocenters. The predicted octanol–water partition coefficient (Wildman–Crippen LogP) is 0.648. The van der Waals surface area contributed by atoms with E-state index in [0.29, 0.717) is 5.03 Å². The van der Waals surface area contributed by atoms with Gasteiger partial charge in [-0.15, -0.1) is 11.6 Å². The lowest BCUT2D eigenvalue weighted by Crippen LogP contribution is -2.65. The van der Waals surface area contributed by atoms with Gasteiger partial charge in [-0.1, -0.05) is 84.5 Å². The first-order valence-electron chi connectivity index (χ1n) is 20.2. The molecule has 63 heavy (non-hydrogen) atoms. The fraction of sp³-hybridized carbons (Fsp3) is 0.512. The summed E-state index contributed by atoms with van der Waals surface area (Å²) in [7, 11) is 0. The van der Waals surface area contributed by atoms with Crippen LogP contribution in [-0.4, -0.2) is 169 Å². The number of allylic oxidation sites excluding steroid dienone is 15. The third kappa shape index (κ3) is 12.9. The molecule has 5 heterocycles. The second-order valence-corrected chi connectivity index (χ2v) is 16.3. The number of alkyl halides is 1. The average Bonchev–Trinajstić information content (AvgIpc) is 3.78. The van der Waals surface area contributed by atoms with Crippen LogP contribution in [0.25, 0.3) is 0 Å². The summed E-state index contributed by atoms with van der Waals surface area (Å²) in [4.78, 5) is 40.4. The number of aliphatic hydroxyl groups is 7. The number of hydrogen-bond donors (Lipinski definition) is 8. The largest absolute Gasteiger partial charge is 0.507 e. The SMILES string of the molecule is C[C@@H]1C[C@H](Cl)C(/C=C/C=C\C=C\C(Cl)=C\C=C\C=C\C=C\C=C\C(O)=C2/C(=O)[C@H](CC(N)=O)N(C3OCC(O)C(O)C3OC3OCC(OC4O[C@H](C)[C@@H](O)[C@@H]4O)C(O)C3O)C2=O)O1. The normalized spacial score (nSPS) is 39.4. The van der Waals surface area contributed by atoms with E-state index in [2.05, 4.69) is 0 Å². The Kier molecular flexibility index (Phi) is 18.6. The molecule has 0 aromatic rings. The number of aliphatic hydroxyl groups excluding tert-OH is 7. The van der Waals surface area contributed by atoms with Gasteiger partial charge >= 0.3 is 0 Å². The molecule has 0 aromatic heterocycles. The molecule has 10 unspecified atom stereocenters. The number of ketones is 1. The third-order valence-corrected chi connectivity index (χ3v) is 11.2. The minimum absolute atomic E-state index is 0.0390. The zero-order chi connectivity index (χ0) is 46.0. The van der Waals surface area contributed by atoms with Gasteiger partial charge in [-0.3, -0.25) is 19.3 Å². The van der Waals surface area contributed by atoms with Gasteiger partial charge in [-0.05, 0) is 38.5 Å². The number of nitrogens with zero attached hydrogens (tertiary/aromatic N) is 1. The van der Waals surface area contributed by atoms with Crippen molar-refractivity contribution in [2.24, 2.45) is 5.73 Å². The third-order valence-electron chi connectivity index (χ3n) is 10.6. The molecule has 0 spiro atoms. The summed E-state index contributed by atoms with van der Waals surface area (Å²) in [6.45, 7) is 2.44. The highest BCUT2D eigenvalue weighted by Crippen LogP contribution is 2.35. The van der Waals surface area contributed by atoms with Crippen LogP contribution in [0.5, 0.6) is 0 Å². The second kappa shape index (κ2) is 23.4. The number of primary amides is 1. The van der Waals surface area contributed by atoms with Crippen molar-refractivity contribution in [3.63, 3.8) is 0 Å². The van der Waals surface area contributed by atoms with Gasteiger partial charge in [-0.25, -0.2) is 0 Å². The molecule has 2 amide bonds. The fourth-order valence-corrected chi connectivity index (χ4v) is 7.77. The van der Waals surface area contributed by atoms with Crippen LogP contribution in [0, 0.1) is 0 Å². The number of rotatable bonds is 16. The molecule has 5 aliphatic heterocycles. The van der Waals surface area contributed by atoms with Crippen molar-refractivity contribution in [3.8, 4) is 0 Å². The topological polar surface area (TPSA) is 277 Å². The summed E-state index contributed by atoms with van der Waals surface area (Å²) in [5, 5.41) is 74.9. The van der Waals surface area contributed by atoms with E-state index >= 15 is 0 Å². The van der Waals surface area contributed by atoms with E-state index in [-0.39, 0.29) is 17.6 Å². The molecule has 20 heteroatoms. The number of carbonyl (C=O) groups is 3. The van der Waals surface area contributed by atoms with Crippen LogP contribution in [0.1, 0.15) is 26.7 Å². The van der Waals surface area contributed by atoms with Crippen molar-refractivity contribution in [2.45, 2.75) is 124 Å². The first kappa shape index (κ1) is 50.2. The van der Waals surface area contributed by atoms with Gasteiger partial charge in [0, 0.05) is 5.03 Å². The van der Waals surface area contributed by atoms with Crippen molar-refractivity contribution in [1.29, 1.82) is 0 Å². The summed E-state index contributed by atoms with van der Waals surface area (Å²) in [5.74, 6) is -3.89. The maximum absolute atomic E-state index is 13.9. The highest BCUT2D eigenvalue weighted by atomic mass is 35.5. The minimum Gasteiger partial charge on any atom is -0.507 e. The van der Waals surface area contributed by atoms with Gasteiger partial charge in [0.25, 0.3) is 5.91 Å². The van der Waals surface area contributed by atoms with E-state index in [4.69, 9.17) is 57.4 Å². The number of ether oxygens (including phenoxy) is 6. The van der Waals surface area contributed by atoms with Gasteiger partial charge in [0.1, 0.15) is 66.2 Å². The average molecular weight is 926 g/mol. The Morgan fingerprint density at radius 3 is 2.06 bits per heavy atom. The Bertz CT molecular complexity index is 1900. The minimum atomic E-state index is -1.90. The standard InChI is InChI=1S/C43H54Cl2N2O16/c1-22-18-25(45)29(60-22)17-13-9-8-11-15-24(44)14-10-6-4-3-5-7-12-16-27(48)32-34(52)26(19-31(46)50)47(40(32)57)41-39(35(53)28(49)20-58-41)63-42-38(56)36(54)30(21-59-42)62-43-37(55)33(51)23(2)61-43/h3-17,22-23,25-26,28-30,33,35-39,41-43,48-49,51,53-56H,18-21H2,1-2H3,(H2,46,50)/b4-3+,7-5+,9-8-,10-6+,15-11+,16-12+,17-13+,24-14-,32-27-/t22-,23-,25+,26+,28?,29?,30?,33-,35?,36?,37+,38?,39?,41?,42?,43?/m1/s1. The molecule has 5 rings (SSSR count). The van der Waals surface area contributed by atoms with Crippen molar-refractivity contribution in [1.82, 2.24) is 4.90 Å². The molecule has 346 valence electrons. The lowest BCUT2D eigenvalue weighted by atomic mass is 10.0. The number of amides is 2. The Hall–Kier alpha value is -3.83. The smallest absolute Gasteiger partial charge is 0.264 e. The van der Waals surface area contributed by atoms with Gasteiger partial charge < -0.3 is 69.9 Å². The van der Waals surface area contributed by atoms with Crippen LogP contribution in [0.4, 0.5) is 0 Å². The monoisotopic (exact) mass is 924 g/mol. The number of carbonyl (C=O) groups excluding carboxylic acids is 3. The quantitative estimate of drug-likeness (QED) is 0.0347. The lowest BCUT2D eigenvalue weighted by Gasteiger charge is -2.46. The number of halogens is 2. The summed E-state index contributed by atoms with van der Waals surface area (Å²) in [6, 6.07) is -1.64. The van der Waals surface area contributed by atoms with E-state index in [0.717, 1.165) is 17.4 Å². The maximum Gasteiger partial charge on any atom is 0.264 e. The summed E-state index contributed by atoms with van der Waals surface area (Å²) >= 11 is 12.5. The molecule has 0 radical (unpaired) electrons. The molecule has 0 aromatic carbocycles. The number of likely N-dealkylation sites (tertiary alicyclic amines) is 1. The fourth-order valence-electron chi connectivity index (χ4n) is 7.23. The van der Waals surface area contributed by atoms with E-state index in [1.807, 2.05) is 31.2 Å². The van der Waals surface area contributed by atoms with Crippen LogP contribution in [0.3, 0.4) is 0 Å². The highest BCUT2D eigenvalue weighted by molar-refractivity contribution is 6.31. The van der Waals surface area contributed by atoms with E-state index in [9.17, 15) is 50.1 Å². The summed E-state index contributed by atoms with van der Waals surface area (Å²) in [6.07, 6.45) is 6.55. The van der Waals surface area contributed by atoms with Gasteiger partial charge in [-0.2, -0.15) is 0 Å². The van der Waals surface area contributed by atoms with Crippen LogP contribution < -0.4 is 5.73 Å². The first-order chi connectivity index (χ1) is 30.0. The summed E-state index contributed by atoms with van der Waals surface area (Å²) < 4.78 is 33.7. The van der Waals surface area contributed by atoms with Gasteiger partial charge in [0.05, 0.1) is 43.3 Å². The highest BCUT2D eigenvalue weighted by Gasteiger charge is 2.56. The zero-order valence-electron chi connectivity index (χ0n) is 34.3. The van der Waals surface area contributed by atoms with Gasteiger partial charge in [0.2, 0.25) is 5.91 Å². The molecule has 5 aliphatic rings. The van der Waals surface area contributed by atoms with Crippen LogP contribution in [0.15, 0.2) is 108 Å². The maximum atomic E-state index is 13.9. The Morgan fingerprint density at radius 2 is 1.43 bits per heavy atom. The van der Waals surface area contributed by atoms with Crippen molar-refractivity contribution >= 4 is 40.8 Å². The number of nitrogens with two attached hydrogens (primary N) is 1. The molecule has 0 aliphatic carbocycles. The molecular formula is C43H54Cl2N2O16. The Labute approximate surface area is 373 Å². The molecule has 18 nitrogen and oxygen atoms in total. The molecule has 5 fully saturated rings. The second-order valence-electron chi connectivity index (χ2n) is 15.3. The molecule has 0 bridgehead atoms. The molecule has 5 saturated heterocycles. The van der Waals surface area contributed by atoms with Crippen molar-refractivity contribution < 1.29 is 78.6 Å². The number of hydrogen-bond acceptors (Lipinski definition) is 16. The molecule has 9 N–H and O–H groups in total. The van der Waals surface area contributed by atoms with Crippen LogP contribution in [-0.2, 0) is 42.8 Å². The zero-order valence-corrected chi connectivity index (χ0v) is 35.8. The molecule has 0 saturated carbocycles. The van der Waals surface area contributed by atoms with E-state index < -0.39 is 128 Å². The van der Waals surface area contributed by atoms with Crippen molar-refractivity contribution in [2.75, 3.05) is 13.2 Å².